The monoisotopic (exact) mass is 326 g/mol. The maximum absolute atomic E-state index is 11.9. The van der Waals surface area contributed by atoms with Crippen LogP contribution in [0.2, 0.25) is 0 Å². The second-order valence-corrected chi connectivity index (χ2v) is 5.76. The summed E-state index contributed by atoms with van der Waals surface area (Å²) in [4.78, 5) is 13.7. The first-order valence-corrected chi connectivity index (χ1v) is 7.47. The average Bonchev–Trinajstić information content (AvgIpc) is 2.39. The fourth-order valence-corrected chi connectivity index (χ4v) is 2.34. The number of likely N-dealkylation sites (N-methyl/N-ethyl adjacent to an activating group) is 1. The van der Waals surface area contributed by atoms with Crippen molar-refractivity contribution in [2.24, 2.45) is 0 Å². The molecule has 0 aliphatic rings. The topological polar surface area (TPSA) is 32.3 Å². The third-order valence-corrected chi connectivity index (χ3v) is 3.76. The molecule has 0 fully saturated rings. The standard InChI is InChI=1S/C15H23BrN2O/c1-12-6-7-14(16)11-13(12)8-10-18(3)15(19)5-4-9-17-2/h6-7,11,17H,4-5,8-10H2,1-3H3. The zero-order chi connectivity index (χ0) is 14.3. The Morgan fingerprint density at radius 3 is 2.84 bits per heavy atom. The van der Waals surface area contributed by atoms with E-state index >= 15 is 0 Å². The van der Waals surface area contributed by atoms with Gasteiger partial charge in [-0.05, 0) is 56.6 Å². The molecule has 1 N–H and O–H groups in total. The third-order valence-electron chi connectivity index (χ3n) is 3.27. The van der Waals surface area contributed by atoms with Gasteiger partial charge in [0.25, 0.3) is 0 Å². The largest absolute Gasteiger partial charge is 0.345 e. The van der Waals surface area contributed by atoms with Crippen molar-refractivity contribution in [1.82, 2.24) is 10.2 Å². The Bertz CT molecular complexity index is 421. The van der Waals surface area contributed by atoms with Crippen LogP contribution in [0, 0.1) is 6.92 Å². The number of nitrogens with one attached hydrogen (secondary N) is 1. The summed E-state index contributed by atoms with van der Waals surface area (Å²) in [6.45, 7) is 3.77. The first-order valence-electron chi connectivity index (χ1n) is 6.68. The Morgan fingerprint density at radius 1 is 1.42 bits per heavy atom. The van der Waals surface area contributed by atoms with Crippen LogP contribution in [0.15, 0.2) is 22.7 Å². The first kappa shape index (κ1) is 16.2. The van der Waals surface area contributed by atoms with Gasteiger partial charge in [-0.25, -0.2) is 0 Å². The molecule has 0 atom stereocenters. The van der Waals surface area contributed by atoms with Crippen LogP contribution in [-0.4, -0.2) is 38.0 Å². The third kappa shape index (κ3) is 5.74. The molecular formula is C15H23BrN2O. The lowest BCUT2D eigenvalue weighted by molar-refractivity contribution is -0.129. The number of rotatable bonds is 7. The summed E-state index contributed by atoms with van der Waals surface area (Å²) in [5, 5.41) is 3.06. The highest BCUT2D eigenvalue weighted by molar-refractivity contribution is 9.10. The molecule has 0 aliphatic carbocycles. The second-order valence-electron chi connectivity index (χ2n) is 4.84. The number of benzene rings is 1. The van der Waals surface area contributed by atoms with Crippen molar-refractivity contribution in [2.45, 2.75) is 26.2 Å². The SMILES string of the molecule is CNCCCC(=O)N(C)CCc1cc(Br)ccc1C. The molecule has 0 unspecified atom stereocenters. The molecule has 0 radical (unpaired) electrons. The molecule has 0 saturated heterocycles. The highest BCUT2D eigenvalue weighted by Crippen LogP contribution is 2.16. The summed E-state index contributed by atoms with van der Waals surface area (Å²) in [6.07, 6.45) is 2.42. The molecule has 0 bridgehead atoms. The number of halogens is 1. The zero-order valence-electron chi connectivity index (χ0n) is 12.0. The number of aryl methyl sites for hydroxylation is 1. The normalized spacial score (nSPS) is 10.5. The van der Waals surface area contributed by atoms with E-state index in [0.717, 1.165) is 30.4 Å². The van der Waals surface area contributed by atoms with E-state index in [1.807, 2.05) is 25.1 Å². The van der Waals surface area contributed by atoms with Crippen LogP contribution in [0.4, 0.5) is 0 Å². The van der Waals surface area contributed by atoms with Gasteiger partial charge in [0.15, 0.2) is 0 Å². The maximum Gasteiger partial charge on any atom is 0.222 e. The minimum absolute atomic E-state index is 0.225. The fraction of sp³-hybridized carbons (Fsp3) is 0.533. The Labute approximate surface area is 124 Å². The summed E-state index contributed by atoms with van der Waals surface area (Å²) in [5.74, 6) is 0.225. The molecule has 0 aliphatic heterocycles. The van der Waals surface area contributed by atoms with Crippen LogP contribution in [0.1, 0.15) is 24.0 Å². The predicted molar refractivity (Wildman–Crippen MR) is 83.4 cm³/mol. The summed E-state index contributed by atoms with van der Waals surface area (Å²) in [6, 6.07) is 6.29. The molecule has 0 spiro atoms. The van der Waals surface area contributed by atoms with Gasteiger partial charge in [0.1, 0.15) is 0 Å². The van der Waals surface area contributed by atoms with Gasteiger partial charge in [0, 0.05) is 24.5 Å². The van der Waals surface area contributed by atoms with Crippen molar-refractivity contribution in [2.75, 3.05) is 27.2 Å². The number of hydrogen-bond donors (Lipinski definition) is 1. The van der Waals surface area contributed by atoms with E-state index in [0.29, 0.717) is 6.42 Å². The second kappa shape index (κ2) is 8.33. The van der Waals surface area contributed by atoms with E-state index in [-0.39, 0.29) is 5.91 Å². The predicted octanol–water partition coefficient (Wildman–Crippen LogP) is 2.76. The van der Waals surface area contributed by atoms with Gasteiger partial charge in [0.05, 0.1) is 0 Å². The lowest BCUT2D eigenvalue weighted by Gasteiger charge is -2.18. The number of hydrogen-bond acceptors (Lipinski definition) is 2. The van der Waals surface area contributed by atoms with Gasteiger partial charge in [-0.2, -0.15) is 0 Å². The van der Waals surface area contributed by atoms with Crippen LogP contribution >= 0.6 is 15.9 Å². The van der Waals surface area contributed by atoms with E-state index in [4.69, 9.17) is 0 Å². The van der Waals surface area contributed by atoms with Crippen molar-refractivity contribution < 1.29 is 4.79 Å². The van der Waals surface area contributed by atoms with Crippen molar-refractivity contribution in [1.29, 1.82) is 0 Å². The average molecular weight is 327 g/mol. The molecule has 1 amide bonds. The number of nitrogens with zero attached hydrogens (tertiary/aromatic N) is 1. The molecule has 19 heavy (non-hydrogen) atoms. The van der Waals surface area contributed by atoms with Crippen molar-refractivity contribution in [3.63, 3.8) is 0 Å². The Kier molecular flexibility index (Phi) is 7.10. The maximum atomic E-state index is 11.9. The van der Waals surface area contributed by atoms with Crippen LogP contribution in [0.5, 0.6) is 0 Å². The van der Waals surface area contributed by atoms with Crippen LogP contribution in [0.3, 0.4) is 0 Å². The molecule has 3 nitrogen and oxygen atoms in total. The van der Waals surface area contributed by atoms with E-state index < -0.39 is 0 Å². The quantitative estimate of drug-likeness (QED) is 0.781. The molecule has 4 heteroatoms. The minimum atomic E-state index is 0.225. The fourth-order valence-electron chi connectivity index (χ4n) is 1.93. The summed E-state index contributed by atoms with van der Waals surface area (Å²) in [7, 11) is 3.79. The van der Waals surface area contributed by atoms with Crippen molar-refractivity contribution in [3.05, 3.63) is 33.8 Å². The van der Waals surface area contributed by atoms with Crippen LogP contribution in [0.25, 0.3) is 0 Å². The number of amides is 1. The minimum Gasteiger partial charge on any atom is -0.345 e. The summed E-state index contributed by atoms with van der Waals surface area (Å²) < 4.78 is 1.09. The number of carbonyl (C=O) groups excluding carboxylic acids is 1. The molecule has 1 aromatic rings. The molecule has 1 rings (SSSR count). The summed E-state index contributed by atoms with van der Waals surface area (Å²) >= 11 is 3.49. The Balaban J connectivity index is 2.42. The molecule has 106 valence electrons. The first-order chi connectivity index (χ1) is 9.04. The van der Waals surface area contributed by atoms with Crippen LogP contribution < -0.4 is 5.32 Å². The zero-order valence-corrected chi connectivity index (χ0v) is 13.6. The van der Waals surface area contributed by atoms with Crippen molar-refractivity contribution in [3.8, 4) is 0 Å². The molecular weight excluding hydrogens is 304 g/mol. The Hall–Kier alpha value is -0.870. The van der Waals surface area contributed by atoms with Crippen LogP contribution in [-0.2, 0) is 11.2 Å². The number of carbonyl (C=O) groups is 1. The van der Waals surface area contributed by atoms with Gasteiger partial charge >= 0.3 is 0 Å². The summed E-state index contributed by atoms with van der Waals surface area (Å²) in [5.41, 5.74) is 2.57. The molecule has 0 heterocycles. The van der Waals surface area contributed by atoms with E-state index in [2.05, 4.69) is 40.3 Å². The van der Waals surface area contributed by atoms with Crippen molar-refractivity contribution >= 4 is 21.8 Å². The Morgan fingerprint density at radius 2 is 2.16 bits per heavy atom. The highest BCUT2D eigenvalue weighted by atomic mass is 79.9. The molecule has 0 aromatic heterocycles. The van der Waals surface area contributed by atoms with E-state index in [1.165, 1.54) is 11.1 Å². The lowest BCUT2D eigenvalue weighted by atomic mass is 10.1. The van der Waals surface area contributed by atoms with Gasteiger partial charge in [-0.3, -0.25) is 4.79 Å². The lowest BCUT2D eigenvalue weighted by Crippen LogP contribution is -2.29. The smallest absolute Gasteiger partial charge is 0.222 e. The van der Waals surface area contributed by atoms with E-state index in [1.54, 1.807) is 0 Å². The molecule has 1 aromatic carbocycles. The van der Waals surface area contributed by atoms with Gasteiger partial charge in [-0.15, -0.1) is 0 Å². The van der Waals surface area contributed by atoms with E-state index in [9.17, 15) is 4.79 Å². The highest BCUT2D eigenvalue weighted by Gasteiger charge is 2.09. The molecule has 0 saturated carbocycles. The van der Waals surface area contributed by atoms with Gasteiger partial charge < -0.3 is 10.2 Å². The van der Waals surface area contributed by atoms with Gasteiger partial charge in [-0.1, -0.05) is 22.0 Å². The van der Waals surface area contributed by atoms with Gasteiger partial charge in [0.2, 0.25) is 5.91 Å².